The Balaban J connectivity index is 2.54. The third-order valence-corrected chi connectivity index (χ3v) is 3.58. The van der Waals surface area contributed by atoms with Crippen molar-refractivity contribution in [3.63, 3.8) is 0 Å². The normalized spacial score (nSPS) is 11.5. The maximum absolute atomic E-state index is 11.1. The molecule has 18 heavy (non-hydrogen) atoms. The van der Waals surface area contributed by atoms with Crippen LogP contribution in [0.4, 0.5) is 0 Å². The average molecular weight is 263 g/mol. The lowest BCUT2D eigenvalue weighted by atomic mass is 10.2. The first kappa shape index (κ1) is 11.2. The summed E-state index contributed by atoms with van der Waals surface area (Å²) in [5.41, 5.74) is 2.19. The smallest absolute Gasteiger partial charge is 0.352 e. The fourth-order valence-electron chi connectivity index (χ4n) is 2.53. The van der Waals surface area contributed by atoms with E-state index in [2.05, 4.69) is 0 Å². The van der Waals surface area contributed by atoms with Crippen LogP contribution in [0.1, 0.15) is 10.5 Å². The van der Waals surface area contributed by atoms with Crippen LogP contribution in [-0.2, 0) is 14.1 Å². The molecule has 0 amide bonds. The summed E-state index contributed by atoms with van der Waals surface area (Å²) in [4.78, 5) is 11.1. The Bertz CT molecular complexity index is 798. The highest BCUT2D eigenvalue weighted by molar-refractivity contribution is 6.31. The summed E-state index contributed by atoms with van der Waals surface area (Å²) in [6, 6.07) is 7.33. The van der Waals surface area contributed by atoms with E-state index in [1.165, 1.54) is 0 Å². The van der Waals surface area contributed by atoms with Crippen molar-refractivity contribution in [2.75, 3.05) is 0 Å². The molecule has 0 radical (unpaired) electrons. The first-order valence-electron chi connectivity index (χ1n) is 5.47. The monoisotopic (exact) mass is 262 g/mol. The number of halogens is 1. The van der Waals surface area contributed by atoms with Crippen molar-refractivity contribution < 1.29 is 9.90 Å². The molecule has 0 fully saturated rings. The molecule has 3 rings (SSSR count). The molecular weight excluding hydrogens is 252 g/mol. The highest BCUT2D eigenvalue weighted by Gasteiger charge is 2.18. The Labute approximate surface area is 108 Å². The van der Waals surface area contributed by atoms with Crippen molar-refractivity contribution in [2.24, 2.45) is 14.1 Å². The third-order valence-electron chi connectivity index (χ3n) is 3.35. The summed E-state index contributed by atoms with van der Waals surface area (Å²) in [7, 11) is 3.68. The summed E-state index contributed by atoms with van der Waals surface area (Å²) >= 11 is 6.01. The Hall–Kier alpha value is -1.94. The van der Waals surface area contributed by atoms with E-state index < -0.39 is 5.97 Å². The molecule has 2 aromatic heterocycles. The number of hydrogen-bond acceptors (Lipinski definition) is 1. The standard InChI is InChI=1S/C13H11ClN2O2/c1-15-10-4-3-7(14)5-8(10)9-6-11(13(17)18)16(2)12(9)15/h3-6H,1-2H3,(H,17,18). The Morgan fingerprint density at radius 2 is 1.89 bits per heavy atom. The maximum Gasteiger partial charge on any atom is 0.352 e. The molecule has 0 aliphatic heterocycles. The summed E-state index contributed by atoms with van der Waals surface area (Å²) in [6.45, 7) is 0. The molecule has 1 N–H and O–H groups in total. The van der Waals surface area contributed by atoms with Crippen LogP contribution in [0.3, 0.4) is 0 Å². The van der Waals surface area contributed by atoms with Crippen molar-refractivity contribution in [1.29, 1.82) is 0 Å². The molecule has 5 heteroatoms. The van der Waals surface area contributed by atoms with Crippen LogP contribution < -0.4 is 0 Å². The van der Waals surface area contributed by atoms with Gasteiger partial charge in [0.2, 0.25) is 0 Å². The molecule has 0 spiro atoms. The van der Waals surface area contributed by atoms with E-state index in [0.717, 1.165) is 21.9 Å². The van der Waals surface area contributed by atoms with Crippen LogP contribution in [0.15, 0.2) is 24.3 Å². The molecule has 0 saturated carbocycles. The molecular formula is C13H11ClN2O2. The van der Waals surface area contributed by atoms with Crippen molar-refractivity contribution in [3.8, 4) is 0 Å². The van der Waals surface area contributed by atoms with E-state index in [4.69, 9.17) is 16.7 Å². The summed E-state index contributed by atoms with van der Waals surface area (Å²) in [5.74, 6) is -0.927. The second-order valence-corrected chi connectivity index (χ2v) is 4.79. The van der Waals surface area contributed by atoms with Gasteiger partial charge in [0, 0.05) is 29.9 Å². The van der Waals surface area contributed by atoms with Gasteiger partial charge in [-0.15, -0.1) is 0 Å². The zero-order valence-corrected chi connectivity index (χ0v) is 10.7. The lowest BCUT2D eigenvalue weighted by Crippen LogP contribution is -2.05. The molecule has 0 aliphatic rings. The predicted octanol–water partition coefficient (Wildman–Crippen LogP) is 3.02. The number of nitrogens with zero attached hydrogens (tertiary/aromatic N) is 2. The Morgan fingerprint density at radius 1 is 1.17 bits per heavy atom. The number of aromatic carboxylic acids is 1. The number of aromatic nitrogens is 2. The van der Waals surface area contributed by atoms with Gasteiger partial charge in [-0.25, -0.2) is 4.79 Å². The second kappa shape index (κ2) is 3.53. The minimum Gasteiger partial charge on any atom is -0.477 e. The summed E-state index contributed by atoms with van der Waals surface area (Å²) in [5, 5.41) is 11.7. The predicted molar refractivity (Wildman–Crippen MR) is 71.4 cm³/mol. The molecule has 0 saturated heterocycles. The van der Waals surface area contributed by atoms with Crippen molar-refractivity contribution in [2.45, 2.75) is 0 Å². The van der Waals surface area contributed by atoms with Crippen LogP contribution in [0.5, 0.6) is 0 Å². The largest absolute Gasteiger partial charge is 0.477 e. The first-order valence-corrected chi connectivity index (χ1v) is 5.85. The van der Waals surface area contributed by atoms with Gasteiger partial charge in [-0.05, 0) is 24.3 Å². The van der Waals surface area contributed by atoms with Crippen LogP contribution in [0.2, 0.25) is 5.02 Å². The zero-order chi connectivity index (χ0) is 13.0. The highest BCUT2D eigenvalue weighted by Crippen LogP contribution is 2.32. The van der Waals surface area contributed by atoms with Gasteiger partial charge in [0.15, 0.2) is 0 Å². The summed E-state index contributed by atoms with van der Waals surface area (Å²) in [6.07, 6.45) is 0. The molecule has 92 valence electrons. The number of hydrogen-bond donors (Lipinski definition) is 1. The van der Waals surface area contributed by atoms with E-state index in [0.29, 0.717) is 5.02 Å². The van der Waals surface area contributed by atoms with Gasteiger partial charge in [-0.1, -0.05) is 11.6 Å². The summed E-state index contributed by atoms with van der Waals surface area (Å²) < 4.78 is 3.67. The van der Waals surface area contributed by atoms with Crippen molar-refractivity contribution >= 4 is 39.5 Å². The minimum absolute atomic E-state index is 0.275. The zero-order valence-electron chi connectivity index (χ0n) is 9.94. The number of fused-ring (bicyclic) bond motifs is 3. The average Bonchev–Trinajstić information content (AvgIpc) is 2.77. The number of aryl methyl sites for hydroxylation is 2. The SMILES string of the molecule is Cn1c(C(=O)O)cc2c3cc(Cl)ccc3n(C)c21. The number of carboxylic acid groups (broad SMARTS) is 1. The highest BCUT2D eigenvalue weighted by atomic mass is 35.5. The van der Waals surface area contributed by atoms with Gasteiger partial charge in [0.1, 0.15) is 11.3 Å². The topological polar surface area (TPSA) is 47.2 Å². The molecule has 2 heterocycles. The van der Waals surface area contributed by atoms with Crippen LogP contribution >= 0.6 is 11.6 Å². The van der Waals surface area contributed by atoms with Crippen molar-refractivity contribution in [3.05, 3.63) is 35.0 Å². The van der Waals surface area contributed by atoms with Gasteiger partial charge in [0.25, 0.3) is 0 Å². The molecule has 0 aliphatic carbocycles. The van der Waals surface area contributed by atoms with Gasteiger partial charge >= 0.3 is 5.97 Å². The van der Waals surface area contributed by atoms with Crippen LogP contribution in [0, 0.1) is 0 Å². The van der Waals surface area contributed by atoms with Gasteiger partial charge in [0.05, 0.1) is 5.52 Å². The van der Waals surface area contributed by atoms with Gasteiger partial charge < -0.3 is 14.2 Å². The third kappa shape index (κ3) is 1.29. The Morgan fingerprint density at radius 3 is 2.56 bits per heavy atom. The fraction of sp³-hybridized carbons (Fsp3) is 0.154. The van der Waals surface area contributed by atoms with E-state index >= 15 is 0 Å². The van der Waals surface area contributed by atoms with Crippen LogP contribution in [0.25, 0.3) is 21.9 Å². The van der Waals surface area contributed by atoms with Crippen molar-refractivity contribution in [1.82, 2.24) is 9.13 Å². The molecule has 4 nitrogen and oxygen atoms in total. The fourth-order valence-corrected chi connectivity index (χ4v) is 2.70. The van der Waals surface area contributed by atoms with Gasteiger partial charge in [-0.3, -0.25) is 0 Å². The molecule has 0 unspecified atom stereocenters. The van der Waals surface area contributed by atoms with Crippen LogP contribution in [-0.4, -0.2) is 20.2 Å². The Kier molecular flexibility index (Phi) is 2.19. The lowest BCUT2D eigenvalue weighted by Gasteiger charge is -2.03. The number of carbonyl (C=O) groups is 1. The molecule has 1 aromatic carbocycles. The minimum atomic E-state index is -0.927. The quantitative estimate of drug-likeness (QED) is 0.733. The first-order chi connectivity index (χ1) is 8.50. The van der Waals surface area contributed by atoms with E-state index in [1.54, 1.807) is 17.7 Å². The lowest BCUT2D eigenvalue weighted by molar-refractivity contribution is 0.0687. The number of carboxylic acids is 1. The maximum atomic E-state index is 11.1. The molecule has 0 atom stereocenters. The van der Waals surface area contributed by atoms with E-state index in [9.17, 15) is 4.79 Å². The van der Waals surface area contributed by atoms with Gasteiger partial charge in [-0.2, -0.15) is 0 Å². The van der Waals surface area contributed by atoms with E-state index in [-0.39, 0.29) is 5.69 Å². The van der Waals surface area contributed by atoms with E-state index in [1.807, 2.05) is 29.8 Å². The number of rotatable bonds is 1. The molecule has 3 aromatic rings. The number of benzene rings is 1. The second-order valence-electron chi connectivity index (χ2n) is 4.35. The molecule has 0 bridgehead atoms.